The monoisotopic (exact) mass is 332 g/mol. The number of piperidine rings is 1. The van der Waals surface area contributed by atoms with Crippen LogP contribution in [0.15, 0.2) is 29.4 Å². The van der Waals surface area contributed by atoms with Crippen molar-refractivity contribution in [3.63, 3.8) is 0 Å². The van der Waals surface area contributed by atoms with Crippen LogP contribution in [0.4, 0.5) is 5.95 Å². The zero-order valence-electron chi connectivity index (χ0n) is 13.6. The zero-order valence-corrected chi connectivity index (χ0v) is 14.4. The van der Waals surface area contributed by atoms with Crippen molar-refractivity contribution in [2.24, 2.45) is 0 Å². The van der Waals surface area contributed by atoms with E-state index in [0.717, 1.165) is 42.1 Å². The highest BCUT2D eigenvalue weighted by molar-refractivity contribution is 7.99. The Balaban J connectivity index is 1.93. The van der Waals surface area contributed by atoms with Crippen LogP contribution in [0.5, 0.6) is 0 Å². The Kier molecular flexibility index (Phi) is 5.56. The van der Waals surface area contributed by atoms with E-state index in [4.69, 9.17) is 5.11 Å². The van der Waals surface area contributed by atoms with Gasteiger partial charge in [0.05, 0.1) is 5.69 Å². The van der Waals surface area contributed by atoms with Crippen LogP contribution in [0.2, 0.25) is 0 Å². The molecule has 1 aromatic heterocycles. The van der Waals surface area contributed by atoms with Crippen molar-refractivity contribution in [2.75, 3.05) is 30.3 Å². The Morgan fingerprint density at radius 2 is 1.83 bits per heavy atom. The Morgan fingerprint density at radius 1 is 1.09 bits per heavy atom. The quantitative estimate of drug-likeness (QED) is 0.651. The van der Waals surface area contributed by atoms with E-state index in [1.165, 1.54) is 24.8 Å². The molecule has 3 rings (SSSR count). The van der Waals surface area contributed by atoms with E-state index in [2.05, 4.69) is 50.9 Å². The minimum absolute atomic E-state index is 0.213. The van der Waals surface area contributed by atoms with Gasteiger partial charge in [-0.05, 0) is 44.7 Å². The minimum atomic E-state index is 0.213. The van der Waals surface area contributed by atoms with Gasteiger partial charge in [0.2, 0.25) is 5.95 Å². The molecule has 1 saturated heterocycles. The van der Waals surface area contributed by atoms with E-state index in [1.54, 1.807) is 11.8 Å². The van der Waals surface area contributed by atoms with Gasteiger partial charge in [-0.3, -0.25) is 4.57 Å². The Morgan fingerprint density at radius 3 is 2.52 bits per heavy atom. The van der Waals surface area contributed by atoms with E-state index < -0.39 is 0 Å². The molecule has 1 N–H and O–H groups in total. The second-order valence-electron chi connectivity index (χ2n) is 5.93. The van der Waals surface area contributed by atoms with Crippen LogP contribution in [0.25, 0.3) is 5.69 Å². The van der Waals surface area contributed by atoms with E-state index in [1.807, 2.05) is 0 Å². The summed E-state index contributed by atoms with van der Waals surface area (Å²) in [6.45, 7) is 4.40. The lowest BCUT2D eigenvalue weighted by Crippen LogP contribution is -2.31. The summed E-state index contributed by atoms with van der Waals surface area (Å²) < 4.78 is 2.16. The van der Waals surface area contributed by atoms with Crippen molar-refractivity contribution in [3.8, 4) is 5.69 Å². The fourth-order valence-electron chi connectivity index (χ4n) is 2.80. The first-order valence-corrected chi connectivity index (χ1v) is 9.29. The molecule has 0 atom stereocenters. The number of nitrogens with zero attached hydrogens (tertiary/aromatic N) is 4. The highest BCUT2D eigenvalue weighted by Gasteiger charge is 2.21. The maximum absolute atomic E-state index is 9.01. The molecule has 23 heavy (non-hydrogen) atoms. The largest absolute Gasteiger partial charge is 0.396 e. The maximum Gasteiger partial charge on any atom is 0.232 e. The lowest BCUT2D eigenvalue weighted by molar-refractivity contribution is 0.296. The number of aliphatic hydroxyl groups is 1. The van der Waals surface area contributed by atoms with Crippen molar-refractivity contribution < 1.29 is 5.11 Å². The first-order valence-electron chi connectivity index (χ1n) is 8.30. The number of aliphatic hydroxyl groups excluding tert-OH is 1. The molecule has 6 heteroatoms. The summed E-state index contributed by atoms with van der Waals surface area (Å²) >= 11 is 1.66. The average molecular weight is 332 g/mol. The Labute approximate surface area is 141 Å². The number of hydrogen-bond acceptors (Lipinski definition) is 5. The number of aryl methyl sites for hydroxylation is 1. The maximum atomic E-state index is 9.01. The van der Waals surface area contributed by atoms with Gasteiger partial charge in [-0.1, -0.05) is 29.5 Å². The van der Waals surface area contributed by atoms with Crippen LogP contribution in [0, 0.1) is 6.92 Å². The van der Waals surface area contributed by atoms with Gasteiger partial charge in [-0.2, -0.15) is 0 Å². The minimum Gasteiger partial charge on any atom is -0.396 e. The molecule has 2 heterocycles. The smallest absolute Gasteiger partial charge is 0.232 e. The molecule has 0 amide bonds. The molecule has 5 nitrogen and oxygen atoms in total. The van der Waals surface area contributed by atoms with Gasteiger partial charge in [-0.15, -0.1) is 10.2 Å². The van der Waals surface area contributed by atoms with E-state index in [0.29, 0.717) is 0 Å². The standard InChI is InChI=1S/C17H24N4OS/c1-14-6-8-15(9-7-14)21-16(20-10-3-2-4-11-20)18-19-17(21)23-13-5-12-22/h6-9,22H,2-5,10-13H2,1H3. The second-order valence-corrected chi connectivity index (χ2v) is 6.99. The third-order valence-corrected chi connectivity index (χ3v) is 5.10. The fraction of sp³-hybridized carbons (Fsp3) is 0.529. The number of hydrogen-bond donors (Lipinski definition) is 1. The van der Waals surface area contributed by atoms with Crippen molar-refractivity contribution in [3.05, 3.63) is 29.8 Å². The van der Waals surface area contributed by atoms with E-state index >= 15 is 0 Å². The molecule has 0 saturated carbocycles. The van der Waals surface area contributed by atoms with Gasteiger partial charge >= 0.3 is 0 Å². The van der Waals surface area contributed by atoms with Crippen LogP contribution in [0.3, 0.4) is 0 Å². The highest BCUT2D eigenvalue weighted by atomic mass is 32.2. The van der Waals surface area contributed by atoms with E-state index in [9.17, 15) is 0 Å². The molecule has 1 aliphatic rings. The van der Waals surface area contributed by atoms with Crippen LogP contribution >= 0.6 is 11.8 Å². The first kappa shape index (κ1) is 16.3. The third kappa shape index (κ3) is 3.87. The number of rotatable bonds is 6. The van der Waals surface area contributed by atoms with Gasteiger partial charge in [-0.25, -0.2) is 0 Å². The summed E-state index contributed by atoms with van der Waals surface area (Å²) in [7, 11) is 0. The van der Waals surface area contributed by atoms with Crippen molar-refractivity contribution >= 4 is 17.7 Å². The molecule has 1 fully saturated rings. The van der Waals surface area contributed by atoms with Gasteiger partial charge in [0, 0.05) is 25.4 Å². The third-order valence-electron chi connectivity index (χ3n) is 4.08. The summed E-state index contributed by atoms with van der Waals surface area (Å²) in [5.41, 5.74) is 2.35. The van der Waals surface area contributed by atoms with Crippen molar-refractivity contribution in [1.82, 2.24) is 14.8 Å². The van der Waals surface area contributed by atoms with E-state index in [-0.39, 0.29) is 6.61 Å². The number of aromatic nitrogens is 3. The molecule has 1 aliphatic heterocycles. The summed E-state index contributed by atoms with van der Waals surface area (Å²) in [5, 5.41) is 18.8. The highest BCUT2D eigenvalue weighted by Crippen LogP contribution is 2.28. The predicted octanol–water partition coefficient (Wildman–Crippen LogP) is 3.04. The Hall–Kier alpha value is -1.53. The summed E-state index contributed by atoms with van der Waals surface area (Å²) in [6.07, 6.45) is 4.50. The molecule has 0 spiro atoms. The zero-order chi connectivity index (χ0) is 16.1. The predicted molar refractivity (Wildman–Crippen MR) is 94.6 cm³/mol. The van der Waals surface area contributed by atoms with Crippen LogP contribution in [0.1, 0.15) is 31.2 Å². The van der Waals surface area contributed by atoms with Gasteiger partial charge in [0.1, 0.15) is 0 Å². The van der Waals surface area contributed by atoms with Crippen LogP contribution in [-0.4, -0.2) is 45.3 Å². The lowest BCUT2D eigenvalue weighted by atomic mass is 10.1. The van der Waals surface area contributed by atoms with Gasteiger partial charge in [0.15, 0.2) is 5.16 Å². The number of anilines is 1. The SMILES string of the molecule is Cc1ccc(-n2c(SCCCO)nnc2N2CCCCC2)cc1. The van der Waals surface area contributed by atoms with Gasteiger partial charge in [0.25, 0.3) is 0 Å². The fourth-order valence-corrected chi connectivity index (χ4v) is 3.67. The molecular formula is C17H24N4OS. The number of thioether (sulfide) groups is 1. The summed E-state index contributed by atoms with van der Waals surface area (Å²) in [5.74, 6) is 1.79. The molecule has 2 aromatic rings. The molecule has 0 aliphatic carbocycles. The van der Waals surface area contributed by atoms with Crippen molar-refractivity contribution in [2.45, 2.75) is 37.8 Å². The molecule has 1 aromatic carbocycles. The normalized spacial score (nSPS) is 15.1. The van der Waals surface area contributed by atoms with Crippen molar-refractivity contribution in [1.29, 1.82) is 0 Å². The Bertz CT molecular complexity index is 620. The van der Waals surface area contributed by atoms with Crippen LogP contribution < -0.4 is 4.90 Å². The first-order chi connectivity index (χ1) is 11.3. The average Bonchev–Trinajstić information content (AvgIpc) is 3.00. The summed E-state index contributed by atoms with van der Waals surface area (Å²) in [4.78, 5) is 2.34. The number of benzene rings is 1. The molecule has 0 radical (unpaired) electrons. The molecular weight excluding hydrogens is 308 g/mol. The molecule has 0 unspecified atom stereocenters. The molecule has 0 bridgehead atoms. The topological polar surface area (TPSA) is 54.2 Å². The second kappa shape index (κ2) is 7.84. The lowest BCUT2D eigenvalue weighted by Gasteiger charge is -2.27. The summed E-state index contributed by atoms with van der Waals surface area (Å²) in [6, 6.07) is 8.50. The van der Waals surface area contributed by atoms with Gasteiger partial charge < -0.3 is 10.0 Å². The molecule has 124 valence electrons. The van der Waals surface area contributed by atoms with Crippen LogP contribution in [-0.2, 0) is 0 Å².